The second kappa shape index (κ2) is 7.70. The van der Waals surface area contributed by atoms with E-state index < -0.39 is 0 Å². The Morgan fingerprint density at radius 1 is 1.45 bits per heavy atom. The Hall–Kier alpha value is -1.81. The van der Waals surface area contributed by atoms with Crippen LogP contribution in [-0.4, -0.2) is 46.5 Å². The highest BCUT2D eigenvalue weighted by Gasteiger charge is 2.21. The van der Waals surface area contributed by atoms with Crippen LogP contribution >= 0.6 is 11.8 Å². The smallest absolute Gasteiger partial charge is 0.230 e. The van der Waals surface area contributed by atoms with Crippen molar-refractivity contribution in [3.63, 3.8) is 0 Å². The summed E-state index contributed by atoms with van der Waals surface area (Å²) in [5.41, 5.74) is 0. The molecular weight excluding hydrogens is 274 g/mol. The lowest BCUT2D eigenvalue weighted by Gasteiger charge is -2.32. The molecule has 1 N–H and O–H groups in total. The third-order valence-electron chi connectivity index (χ3n) is 3.09. The van der Waals surface area contributed by atoms with Gasteiger partial charge in [0, 0.05) is 31.5 Å². The Bertz CT molecular complexity index is 467. The molecule has 1 aromatic heterocycles. The van der Waals surface area contributed by atoms with Crippen LogP contribution in [0.15, 0.2) is 18.5 Å². The van der Waals surface area contributed by atoms with Crippen molar-refractivity contribution in [3.8, 4) is 6.07 Å². The lowest BCUT2D eigenvalue weighted by molar-refractivity contribution is -0.119. The van der Waals surface area contributed by atoms with Gasteiger partial charge in [-0.3, -0.25) is 4.79 Å². The van der Waals surface area contributed by atoms with Gasteiger partial charge in [0.25, 0.3) is 0 Å². The summed E-state index contributed by atoms with van der Waals surface area (Å²) in [5.74, 6) is 1.48. The number of nitrogens with one attached hydrogen (secondary N) is 1. The molecule has 0 bridgehead atoms. The van der Waals surface area contributed by atoms with E-state index in [4.69, 9.17) is 5.26 Å². The number of nitriles is 1. The minimum absolute atomic E-state index is 0.0136. The molecule has 7 heteroatoms. The van der Waals surface area contributed by atoms with Gasteiger partial charge in [-0.05, 0) is 18.9 Å². The van der Waals surface area contributed by atoms with Gasteiger partial charge in [-0.1, -0.05) is 0 Å². The van der Waals surface area contributed by atoms with Crippen LogP contribution in [0.2, 0.25) is 0 Å². The van der Waals surface area contributed by atoms with Crippen LogP contribution < -0.4 is 10.2 Å². The normalized spacial score (nSPS) is 15.7. The highest BCUT2D eigenvalue weighted by atomic mass is 32.2. The van der Waals surface area contributed by atoms with Gasteiger partial charge in [0.15, 0.2) is 0 Å². The first-order valence-corrected chi connectivity index (χ1v) is 7.71. The molecule has 0 unspecified atom stereocenters. The summed E-state index contributed by atoms with van der Waals surface area (Å²) in [6, 6.07) is 4.03. The highest BCUT2D eigenvalue weighted by molar-refractivity contribution is 8.00. The van der Waals surface area contributed by atoms with Gasteiger partial charge in [-0.25, -0.2) is 9.97 Å². The topological polar surface area (TPSA) is 81.9 Å². The molecule has 0 atom stereocenters. The molecule has 0 radical (unpaired) electrons. The second-order valence-electron chi connectivity index (χ2n) is 4.53. The Morgan fingerprint density at radius 2 is 2.15 bits per heavy atom. The fraction of sp³-hybridized carbons (Fsp3) is 0.538. The molecule has 1 fully saturated rings. The van der Waals surface area contributed by atoms with E-state index in [-0.39, 0.29) is 11.9 Å². The van der Waals surface area contributed by atoms with Gasteiger partial charge in [0.2, 0.25) is 11.9 Å². The van der Waals surface area contributed by atoms with E-state index in [1.807, 2.05) is 6.07 Å². The number of thioether (sulfide) groups is 1. The number of nitrogens with zero attached hydrogens (tertiary/aromatic N) is 4. The van der Waals surface area contributed by atoms with E-state index in [1.54, 1.807) is 18.5 Å². The van der Waals surface area contributed by atoms with Gasteiger partial charge < -0.3 is 10.2 Å². The van der Waals surface area contributed by atoms with Crippen molar-refractivity contribution in [2.24, 2.45) is 0 Å². The van der Waals surface area contributed by atoms with Crippen molar-refractivity contribution in [2.75, 3.05) is 29.5 Å². The molecule has 1 aliphatic heterocycles. The van der Waals surface area contributed by atoms with E-state index in [1.165, 1.54) is 11.8 Å². The zero-order valence-corrected chi connectivity index (χ0v) is 12.0. The summed E-state index contributed by atoms with van der Waals surface area (Å²) in [6.07, 6.45) is 5.27. The van der Waals surface area contributed by atoms with Crippen LogP contribution in [0.1, 0.15) is 12.8 Å². The van der Waals surface area contributed by atoms with Crippen molar-refractivity contribution >= 4 is 23.6 Å². The molecule has 0 aliphatic carbocycles. The number of hydrogen-bond donors (Lipinski definition) is 1. The lowest BCUT2D eigenvalue weighted by atomic mass is 10.1. The van der Waals surface area contributed by atoms with E-state index >= 15 is 0 Å². The van der Waals surface area contributed by atoms with E-state index in [0.29, 0.717) is 11.5 Å². The zero-order chi connectivity index (χ0) is 14.2. The van der Waals surface area contributed by atoms with Gasteiger partial charge in [-0.15, -0.1) is 11.8 Å². The van der Waals surface area contributed by atoms with E-state index in [2.05, 4.69) is 20.2 Å². The molecular formula is C13H17N5OS. The fourth-order valence-electron chi connectivity index (χ4n) is 2.14. The SMILES string of the molecule is N#CCSCC(=O)NC1CCN(c2ncccn2)CC1. The average molecular weight is 291 g/mol. The minimum atomic E-state index is 0.0136. The molecule has 2 heterocycles. The molecule has 6 nitrogen and oxygen atoms in total. The third-order valence-corrected chi connectivity index (χ3v) is 3.89. The van der Waals surface area contributed by atoms with Crippen molar-refractivity contribution in [3.05, 3.63) is 18.5 Å². The number of piperidine rings is 1. The van der Waals surface area contributed by atoms with Gasteiger partial charge in [0.1, 0.15) is 0 Å². The first-order valence-electron chi connectivity index (χ1n) is 6.55. The molecule has 0 saturated carbocycles. The Labute approximate surface area is 122 Å². The summed E-state index contributed by atoms with van der Waals surface area (Å²) in [4.78, 5) is 22.3. The highest BCUT2D eigenvalue weighted by Crippen LogP contribution is 2.15. The maximum Gasteiger partial charge on any atom is 0.230 e. The van der Waals surface area contributed by atoms with Crippen molar-refractivity contribution < 1.29 is 4.79 Å². The zero-order valence-electron chi connectivity index (χ0n) is 11.2. The molecule has 1 aliphatic rings. The first-order chi connectivity index (χ1) is 9.79. The summed E-state index contributed by atoms with van der Waals surface area (Å²) < 4.78 is 0. The van der Waals surface area contributed by atoms with Crippen LogP contribution in [0.4, 0.5) is 5.95 Å². The summed E-state index contributed by atoms with van der Waals surface area (Å²) in [5, 5.41) is 11.4. The number of carbonyl (C=O) groups is 1. The van der Waals surface area contributed by atoms with Crippen LogP contribution in [0, 0.1) is 11.3 Å². The van der Waals surface area contributed by atoms with E-state index in [9.17, 15) is 4.79 Å². The Morgan fingerprint density at radius 3 is 2.80 bits per heavy atom. The fourth-order valence-corrected chi connectivity index (χ4v) is 2.60. The predicted molar refractivity (Wildman–Crippen MR) is 78.3 cm³/mol. The quantitative estimate of drug-likeness (QED) is 0.809. The van der Waals surface area contributed by atoms with Crippen molar-refractivity contribution in [2.45, 2.75) is 18.9 Å². The van der Waals surface area contributed by atoms with Crippen molar-refractivity contribution in [1.29, 1.82) is 5.26 Å². The van der Waals surface area contributed by atoms with Crippen LogP contribution in [0.5, 0.6) is 0 Å². The number of anilines is 1. The molecule has 0 spiro atoms. The summed E-state index contributed by atoms with van der Waals surface area (Å²) in [7, 11) is 0. The number of hydrogen-bond acceptors (Lipinski definition) is 6. The first kappa shape index (κ1) is 14.6. The molecule has 2 rings (SSSR count). The predicted octanol–water partition coefficient (Wildman–Crippen LogP) is 0.818. The molecule has 20 heavy (non-hydrogen) atoms. The second-order valence-corrected chi connectivity index (χ2v) is 5.51. The average Bonchev–Trinajstić information content (AvgIpc) is 2.49. The Balaban J connectivity index is 1.72. The number of aromatic nitrogens is 2. The third kappa shape index (κ3) is 4.38. The maximum absolute atomic E-state index is 11.7. The van der Waals surface area contributed by atoms with Gasteiger partial charge >= 0.3 is 0 Å². The number of amides is 1. The number of carbonyl (C=O) groups excluding carboxylic acids is 1. The van der Waals surface area contributed by atoms with Crippen LogP contribution in [0.25, 0.3) is 0 Å². The van der Waals surface area contributed by atoms with Gasteiger partial charge in [0.05, 0.1) is 17.6 Å². The van der Waals surface area contributed by atoms with Crippen LogP contribution in [0.3, 0.4) is 0 Å². The maximum atomic E-state index is 11.7. The molecule has 1 amide bonds. The molecule has 0 aromatic carbocycles. The minimum Gasteiger partial charge on any atom is -0.353 e. The number of rotatable bonds is 5. The molecule has 1 saturated heterocycles. The van der Waals surface area contributed by atoms with Crippen molar-refractivity contribution in [1.82, 2.24) is 15.3 Å². The van der Waals surface area contributed by atoms with Gasteiger partial charge in [-0.2, -0.15) is 5.26 Å². The standard InChI is InChI=1S/C13H17N5OS/c14-4-9-20-10-12(19)17-11-2-7-18(8-3-11)13-15-5-1-6-16-13/h1,5-6,11H,2-3,7-10H2,(H,17,19). The van der Waals surface area contributed by atoms with E-state index in [0.717, 1.165) is 31.9 Å². The largest absolute Gasteiger partial charge is 0.353 e. The lowest BCUT2D eigenvalue weighted by Crippen LogP contribution is -2.45. The molecule has 1 aromatic rings. The Kier molecular flexibility index (Phi) is 5.62. The summed E-state index contributed by atoms with van der Waals surface area (Å²) >= 11 is 1.34. The monoisotopic (exact) mass is 291 g/mol. The summed E-state index contributed by atoms with van der Waals surface area (Å²) in [6.45, 7) is 1.70. The molecule has 106 valence electrons. The van der Waals surface area contributed by atoms with Crippen LogP contribution in [-0.2, 0) is 4.79 Å².